The van der Waals surface area contributed by atoms with Crippen molar-refractivity contribution in [2.24, 2.45) is 5.92 Å². The number of rotatable bonds is 4. The van der Waals surface area contributed by atoms with Gasteiger partial charge in [-0.3, -0.25) is 14.6 Å². The molecule has 0 saturated carbocycles. The monoisotopic (exact) mass is 353 g/mol. The molecule has 1 saturated heterocycles. The molecule has 4 rings (SSSR count). The first-order valence-electron chi connectivity index (χ1n) is 8.57. The average Bonchev–Trinajstić information content (AvgIpc) is 3.03. The highest BCUT2D eigenvalue weighted by atomic mass is 16.6. The predicted molar refractivity (Wildman–Crippen MR) is 93.8 cm³/mol. The molecule has 0 spiro atoms. The molecular weight excluding hydrogens is 334 g/mol. The van der Waals surface area contributed by atoms with Crippen molar-refractivity contribution in [3.05, 3.63) is 48.3 Å². The van der Waals surface area contributed by atoms with Gasteiger partial charge in [0.1, 0.15) is 13.2 Å². The lowest BCUT2D eigenvalue weighted by Crippen LogP contribution is -2.28. The summed E-state index contributed by atoms with van der Waals surface area (Å²) in [5.74, 6) is 0.719. The molecule has 1 aromatic carbocycles. The first kappa shape index (κ1) is 16.4. The van der Waals surface area contributed by atoms with Crippen molar-refractivity contribution in [2.75, 3.05) is 25.1 Å². The number of benzene rings is 1. The van der Waals surface area contributed by atoms with E-state index in [9.17, 15) is 9.59 Å². The number of pyridine rings is 1. The van der Waals surface area contributed by atoms with Gasteiger partial charge in [0.15, 0.2) is 11.5 Å². The topological polar surface area (TPSA) is 80.8 Å². The van der Waals surface area contributed by atoms with Crippen molar-refractivity contribution in [2.45, 2.75) is 13.0 Å². The summed E-state index contributed by atoms with van der Waals surface area (Å²) in [6.07, 6.45) is 1.91. The number of amides is 2. The van der Waals surface area contributed by atoms with Gasteiger partial charge in [-0.25, -0.2) is 0 Å². The molecule has 0 aliphatic carbocycles. The summed E-state index contributed by atoms with van der Waals surface area (Å²) in [4.78, 5) is 30.7. The SMILES string of the molecule is O=C(Nc1ccc2c(c1)OCCO2)C1CC(=O)N(Cc2ccccn2)C1. The number of hydrogen-bond acceptors (Lipinski definition) is 5. The van der Waals surface area contributed by atoms with E-state index in [0.29, 0.717) is 43.5 Å². The minimum atomic E-state index is -0.376. The van der Waals surface area contributed by atoms with Crippen LogP contribution in [0.4, 0.5) is 5.69 Å². The van der Waals surface area contributed by atoms with Crippen molar-refractivity contribution in [3.8, 4) is 11.5 Å². The van der Waals surface area contributed by atoms with Gasteiger partial charge < -0.3 is 19.7 Å². The Morgan fingerprint density at radius 3 is 2.85 bits per heavy atom. The van der Waals surface area contributed by atoms with E-state index in [2.05, 4.69) is 10.3 Å². The van der Waals surface area contributed by atoms with Crippen molar-refractivity contribution in [1.29, 1.82) is 0 Å². The summed E-state index contributed by atoms with van der Waals surface area (Å²) < 4.78 is 11.0. The number of nitrogens with one attached hydrogen (secondary N) is 1. The Bertz CT molecular complexity index is 825. The van der Waals surface area contributed by atoms with E-state index in [0.717, 1.165) is 5.69 Å². The van der Waals surface area contributed by atoms with Crippen LogP contribution in [0, 0.1) is 5.92 Å². The van der Waals surface area contributed by atoms with Crippen molar-refractivity contribution in [3.63, 3.8) is 0 Å². The van der Waals surface area contributed by atoms with E-state index in [-0.39, 0.29) is 24.2 Å². The van der Waals surface area contributed by atoms with Gasteiger partial charge in [-0.1, -0.05) is 6.07 Å². The first-order valence-corrected chi connectivity index (χ1v) is 8.57. The third-order valence-corrected chi connectivity index (χ3v) is 4.47. The number of likely N-dealkylation sites (tertiary alicyclic amines) is 1. The standard InChI is InChI=1S/C19H19N3O4/c23-18-9-13(11-22(18)12-15-3-1-2-6-20-15)19(24)21-14-4-5-16-17(10-14)26-8-7-25-16/h1-6,10,13H,7-9,11-12H2,(H,21,24). The second-order valence-corrected chi connectivity index (χ2v) is 6.34. The summed E-state index contributed by atoms with van der Waals surface area (Å²) in [5, 5.41) is 2.87. The molecule has 0 bridgehead atoms. The summed E-state index contributed by atoms with van der Waals surface area (Å²) in [7, 11) is 0. The van der Waals surface area contributed by atoms with Crippen LogP contribution < -0.4 is 14.8 Å². The zero-order chi connectivity index (χ0) is 17.9. The van der Waals surface area contributed by atoms with Gasteiger partial charge in [0, 0.05) is 30.9 Å². The second kappa shape index (κ2) is 7.03. The summed E-state index contributed by atoms with van der Waals surface area (Å²) in [5.41, 5.74) is 1.45. The molecule has 1 aromatic heterocycles. The molecule has 134 valence electrons. The van der Waals surface area contributed by atoms with Gasteiger partial charge in [0.25, 0.3) is 0 Å². The normalized spacial score (nSPS) is 18.7. The summed E-state index contributed by atoms with van der Waals surface area (Å²) in [6, 6.07) is 10.9. The van der Waals surface area contributed by atoms with Crippen LogP contribution in [0.25, 0.3) is 0 Å². The first-order chi connectivity index (χ1) is 12.7. The number of aromatic nitrogens is 1. The van der Waals surface area contributed by atoms with Crippen LogP contribution in [-0.2, 0) is 16.1 Å². The fraction of sp³-hybridized carbons (Fsp3) is 0.316. The highest BCUT2D eigenvalue weighted by molar-refractivity contribution is 5.97. The van der Waals surface area contributed by atoms with E-state index in [1.54, 1.807) is 29.3 Å². The van der Waals surface area contributed by atoms with Crippen LogP contribution in [0.2, 0.25) is 0 Å². The molecule has 2 aliphatic heterocycles. The van der Waals surface area contributed by atoms with Crippen LogP contribution in [0.3, 0.4) is 0 Å². The number of carbonyl (C=O) groups is 2. The van der Waals surface area contributed by atoms with Gasteiger partial charge in [0.2, 0.25) is 11.8 Å². The highest BCUT2D eigenvalue weighted by Gasteiger charge is 2.34. The molecule has 0 radical (unpaired) electrons. The molecular formula is C19H19N3O4. The number of nitrogens with zero attached hydrogens (tertiary/aromatic N) is 2. The fourth-order valence-electron chi connectivity index (χ4n) is 3.15. The van der Waals surface area contributed by atoms with Crippen LogP contribution >= 0.6 is 0 Å². The van der Waals surface area contributed by atoms with Crippen molar-refractivity contribution < 1.29 is 19.1 Å². The molecule has 1 atom stereocenters. The molecule has 1 N–H and O–H groups in total. The zero-order valence-corrected chi connectivity index (χ0v) is 14.2. The smallest absolute Gasteiger partial charge is 0.229 e. The van der Waals surface area contributed by atoms with E-state index in [4.69, 9.17) is 9.47 Å². The summed E-state index contributed by atoms with van der Waals surface area (Å²) in [6.45, 7) is 1.83. The lowest BCUT2D eigenvalue weighted by molar-refractivity contribution is -0.128. The zero-order valence-electron chi connectivity index (χ0n) is 14.2. The Balaban J connectivity index is 1.39. The predicted octanol–water partition coefficient (Wildman–Crippen LogP) is 1.84. The average molecular weight is 353 g/mol. The minimum Gasteiger partial charge on any atom is -0.486 e. The Morgan fingerprint density at radius 1 is 1.19 bits per heavy atom. The third kappa shape index (κ3) is 3.46. The van der Waals surface area contributed by atoms with E-state index >= 15 is 0 Å². The fourth-order valence-corrected chi connectivity index (χ4v) is 3.15. The van der Waals surface area contributed by atoms with Gasteiger partial charge in [-0.15, -0.1) is 0 Å². The molecule has 2 aliphatic rings. The van der Waals surface area contributed by atoms with E-state index in [1.165, 1.54) is 0 Å². The maximum atomic E-state index is 12.5. The number of ether oxygens (including phenoxy) is 2. The van der Waals surface area contributed by atoms with Crippen LogP contribution in [0.5, 0.6) is 11.5 Å². The molecule has 2 amide bonds. The number of anilines is 1. The molecule has 7 heteroatoms. The highest BCUT2D eigenvalue weighted by Crippen LogP contribution is 2.33. The Morgan fingerprint density at radius 2 is 2.04 bits per heavy atom. The quantitative estimate of drug-likeness (QED) is 0.907. The molecule has 1 unspecified atom stereocenters. The van der Waals surface area contributed by atoms with Gasteiger partial charge in [0.05, 0.1) is 18.2 Å². The molecule has 3 heterocycles. The molecule has 26 heavy (non-hydrogen) atoms. The minimum absolute atomic E-state index is 0.0297. The van der Waals surface area contributed by atoms with Crippen LogP contribution in [-0.4, -0.2) is 41.5 Å². The Labute approximate surface area is 150 Å². The van der Waals surface area contributed by atoms with Gasteiger partial charge in [-0.05, 0) is 24.3 Å². The molecule has 7 nitrogen and oxygen atoms in total. The largest absolute Gasteiger partial charge is 0.486 e. The molecule has 2 aromatic rings. The Kier molecular flexibility index (Phi) is 4.43. The van der Waals surface area contributed by atoms with Crippen molar-refractivity contribution in [1.82, 2.24) is 9.88 Å². The maximum absolute atomic E-state index is 12.5. The third-order valence-electron chi connectivity index (χ3n) is 4.47. The van der Waals surface area contributed by atoms with Crippen molar-refractivity contribution >= 4 is 17.5 Å². The molecule has 1 fully saturated rings. The Hall–Kier alpha value is -3.09. The maximum Gasteiger partial charge on any atom is 0.229 e. The second-order valence-electron chi connectivity index (χ2n) is 6.34. The number of carbonyl (C=O) groups excluding carboxylic acids is 2. The van der Waals surface area contributed by atoms with Gasteiger partial charge in [-0.2, -0.15) is 0 Å². The number of fused-ring (bicyclic) bond motifs is 1. The van der Waals surface area contributed by atoms with E-state index < -0.39 is 0 Å². The van der Waals surface area contributed by atoms with E-state index in [1.807, 2.05) is 18.2 Å². The number of hydrogen-bond donors (Lipinski definition) is 1. The van der Waals surface area contributed by atoms with Gasteiger partial charge >= 0.3 is 0 Å². The summed E-state index contributed by atoms with van der Waals surface area (Å²) >= 11 is 0. The lowest BCUT2D eigenvalue weighted by Gasteiger charge is -2.19. The van der Waals surface area contributed by atoms with Crippen LogP contribution in [0.1, 0.15) is 12.1 Å². The lowest BCUT2D eigenvalue weighted by atomic mass is 10.1. The van der Waals surface area contributed by atoms with Crippen LogP contribution in [0.15, 0.2) is 42.6 Å².